The minimum Gasteiger partial charge on any atom is -0.390 e. The summed E-state index contributed by atoms with van der Waals surface area (Å²) >= 11 is 0. The van der Waals surface area contributed by atoms with Crippen LogP contribution in [-0.2, 0) is 9.53 Å². The van der Waals surface area contributed by atoms with E-state index in [-0.39, 0.29) is 12.5 Å². The maximum absolute atomic E-state index is 10.6. The highest BCUT2D eigenvalue weighted by molar-refractivity contribution is 5.80. The van der Waals surface area contributed by atoms with E-state index in [0.717, 1.165) is 0 Å². The van der Waals surface area contributed by atoms with Gasteiger partial charge in [0.2, 0.25) is 5.91 Å². The second-order valence-electron chi connectivity index (χ2n) is 2.70. The third-order valence-corrected chi connectivity index (χ3v) is 1.88. The Labute approximate surface area is 64.3 Å². The number of carbonyl (C=O) groups excluding carboxylic acids is 1. The van der Waals surface area contributed by atoms with Crippen LogP contribution >= 0.6 is 0 Å². The van der Waals surface area contributed by atoms with Crippen LogP contribution in [0, 0.1) is 5.92 Å². The number of carbonyl (C=O) groups is 1. The molecule has 0 spiro atoms. The highest BCUT2D eigenvalue weighted by Crippen LogP contribution is 2.15. The van der Waals surface area contributed by atoms with Crippen LogP contribution < -0.4 is 11.5 Å². The fourth-order valence-corrected chi connectivity index (χ4v) is 1.11. The predicted octanol–water partition coefficient (Wildman–Crippen LogP) is -2.19. The number of nitrogens with two attached hydrogens (primary N) is 2. The van der Waals surface area contributed by atoms with E-state index in [1.54, 1.807) is 0 Å². The van der Waals surface area contributed by atoms with Crippen LogP contribution in [0.5, 0.6) is 0 Å². The molecule has 0 bridgehead atoms. The van der Waals surface area contributed by atoms with Crippen LogP contribution in [0.2, 0.25) is 0 Å². The molecule has 3 unspecified atom stereocenters. The zero-order chi connectivity index (χ0) is 8.43. The average Bonchev–Trinajstić information content (AvgIpc) is 2.33. The smallest absolute Gasteiger partial charge is 0.234 e. The number of hydrogen-bond donors (Lipinski definition) is 3. The van der Waals surface area contributed by atoms with Gasteiger partial charge in [0, 0.05) is 5.92 Å². The molecular formula is C6H12N2O3. The molecule has 5 N–H and O–H groups in total. The Bertz CT molecular complexity index is 162. The third kappa shape index (κ3) is 1.68. The van der Waals surface area contributed by atoms with Crippen LogP contribution in [0.25, 0.3) is 0 Å². The van der Waals surface area contributed by atoms with Crippen LogP contribution in [0.1, 0.15) is 0 Å². The molecule has 1 saturated heterocycles. The molecule has 3 atom stereocenters. The van der Waals surface area contributed by atoms with Gasteiger partial charge in [0.1, 0.15) is 0 Å². The number of aliphatic hydroxyl groups excluding tert-OH is 1. The van der Waals surface area contributed by atoms with Gasteiger partial charge < -0.3 is 21.3 Å². The third-order valence-electron chi connectivity index (χ3n) is 1.88. The summed E-state index contributed by atoms with van der Waals surface area (Å²) in [5, 5.41) is 9.20. The predicted molar refractivity (Wildman–Crippen MR) is 37.5 cm³/mol. The standard InChI is InChI=1S/C6H12N2O3/c7-5(6(8)10)3-1-11-2-4(3)9/h3-5,9H,1-2,7H2,(H2,8,10). The van der Waals surface area contributed by atoms with E-state index >= 15 is 0 Å². The van der Waals surface area contributed by atoms with Crippen LogP contribution in [0.15, 0.2) is 0 Å². The minimum absolute atomic E-state index is 0.242. The molecule has 0 aliphatic carbocycles. The second-order valence-corrected chi connectivity index (χ2v) is 2.70. The van der Waals surface area contributed by atoms with Gasteiger partial charge in [-0.15, -0.1) is 0 Å². The topological polar surface area (TPSA) is 98.6 Å². The van der Waals surface area contributed by atoms with Crippen molar-refractivity contribution in [1.29, 1.82) is 0 Å². The number of primary amides is 1. The summed E-state index contributed by atoms with van der Waals surface area (Å²) in [4.78, 5) is 10.6. The Hall–Kier alpha value is -0.650. The first-order valence-corrected chi connectivity index (χ1v) is 3.43. The normalized spacial score (nSPS) is 33.6. The van der Waals surface area contributed by atoms with Crippen molar-refractivity contribution in [2.45, 2.75) is 12.1 Å². The quantitative estimate of drug-likeness (QED) is 0.427. The second kappa shape index (κ2) is 3.17. The van der Waals surface area contributed by atoms with E-state index in [2.05, 4.69) is 0 Å². The fourth-order valence-electron chi connectivity index (χ4n) is 1.11. The molecule has 1 aliphatic rings. The summed E-state index contributed by atoms with van der Waals surface area (Å²) < 4.78 is 4.90. The Morgan fingerprint density at radius 2 is 2.27 bits per heavy atom. The summed E-state index contributed by atoms with van der Waals surface area (Å²) in [6, 6.07) is -0.799. The molecule has 0 aromatic rings. The zero-order valence-electron chi connectivity index (χ0n) is 6.06. The maximum atomic E-state index is 10.6. The van der Waals surface area contributed by atoms with E-state index in [4.69, 9.17) is 16.2 Å². The Morgan fingerprint density at radius 3 is 2.64 bits per heavy atom. The molecular weight excluding hydrogens is 148 g/mol. The molecule has 0 aromatic carbocycles. The number of rotatable bonds is 2. The lowest BCUT2D eigenvalue weighted by Crippen LogP contribution is -2.46. The summed E-state index contributed by atoms with van der Waals surface area (Å²) in [5.74, 6) is -0.938. The van der Waals surface area contributed by atoms with Crippen molar-refractivity contribution in [1.82, 2.24) is 0 Å². The number of ether oxygens (including phenoxy) is 1. The maximum Gasteiger partial charge on any atom is 0.234 e. The first-order valence-electron chi connectivity index (χ1n) is 3.43. The van der Waals surface area contributed by atoms with E-state index in [0.29, 0.717) is 6.61 Å². The van der Waals surface area contributed by atoms with Crippen molar-refractivity contribution in [2.75, 3.05) is 13.2 Å². The molecule has 1 amide bonds. The first-order chi connectivity index (χ1) is 5.13. The molecule has 1 rings (SSSR count). The Morgan fingerprint density at radius 1 is 1.64 bits per heavy atom. The molecule has 1 aliphatic heterocycles. The lowest BCUT2D eigenvalue weighted by atomic mass is 9.97. The van der Waals surface area contributed by atoms with Gasteiger partial charge >= 0.3 is 0 Å². The number of hydrogen-bond acceptors (Lipinski definition) is 4. The van der Waals surface area contributed by atoms with Gasteiger partial charge in [-0.25, -0.2) is 0 Å². The Balaban J connectivity index is 2.52. The van der Waals surface area contributed by atoms with E-state index in [9.17, 15) is 9.90 Å². The van der Waals surface area contributed by atoms with Gasteiger partial charge in [-0.3, -0.25) is 4.79 Å². The molecule has 64 valence electrons. The van der Waals surface area contributed by atoms with E-state index in [1.165, 1.54) is 0 Å². The summed E-state index contributed by atoms with van der Waals surface area (Å²) in [6.07, 6.45) is -0.655. The summed E-state index contributed by atoms with van der Waals surface area (Å²) in [5.41, 5.74) is 10.3. The van der Waals surface area contributed by atoms with Gasteiger partial charge in [0.25, 0.3) is 0 Å². The summed E-state index contributed by atoms with van der Waals surface area (Å²) in [7, 11) is 0. The summed E-state index contributed by atoms with van der Waals surface area (Å²) in [6.45, 7) is 0.552. The largest absolute Gasteiger partial charge is 0.390 e. The molecule has 5 heteroatoms. The van der Waals surface area contributed by atoms with Gasteiger partial charge in [-0.1, -0.05) is 0 Å². The van der Waals surface area contributed by atoms with Crippen LogP contribution in [0.4, 0.5) is 0 Å². The Kier molecular flexibility index (Phi) is 2.43. The zero-order valence-corrected chi connectivity index (χ0v) is 6.06. The van der Waals surface area contributed by atoms with Crippen molar-refractivity contribution < 1.29 is 14.6 Å². The first kappa shape index (κ1) is 8.45. The van der Waals surface area contributed by atoms with Gasteiger partial charge in [0.05, 0.1) is 25.4 Å². The van der Waals surface area contributed by atoms with Gasteiger partial charge in [-0.2, -0.15) is 0 Å². The average molecular weight is 160 g/mol. The molecule has 1 heterocycles. The number of aliphatic hydroxyl groups is 1. The SMILES string of the molecule is NC(=O)C(N)C1COCC1O. The van der Waals surface area contributed by atoms with Crippen LogP contribution in [-0.4, -0.2) is 36.4 Å². The van der Waals surface area contributed by atoms with Crippen molar-refractivity contribution >= 4 is 5.91 Å². The lowest BCUT2D eigenvalue weighted by molar-refractivity contribution is -0.121. The monoisotopic (exact) mass is 160 g/mol. The molecule has 11 heavy (non-hydrogen) atoms. The molecule has 5 nitrogen and oxygen atoms in total. The highest BCUT2D eigenvalue weighted by atomic mass is 16.5. The molecule has 0 aromatic heterocycles. The fraction of sp³-hybridized carbons (Fsp3) is 0.833. The van der Waals surface area contributed by atoms with Gasteiger partial charge in [0.15, 0.2) is 0 Å². The van der Waals surface area contributed by atoms with Crippen molar-refractivity contribution in [3.05, 3.63) is 0 Å². The minimum atomic E-state index is -0.799. The lowest BCUT2D eigenvalue weighted by Gasteiger charge is -2.16. The van der Waals surface area contributed by atoms with Crippen LogP contribution in [0.3, 0.4) is 0 Å². The van der Waals surface area contributed by atoms with E-state index in [1.807, 2.05) is 0 Å². The molecule has 0 saturated carbocycles. The van der Waals surface area contributed by atoms with Crippen molar-refractivity contribution in [3.63, 3.8) is 0 Å². The highest BCUT2D eigenvalue weighted by Gasteiger charge is 2.34. The molecule has 1 fully saturated rings. The van der Waals surface area contributed by atoms with Crippen molar-refractivity contribution in [2.24, 2.45) is 17.4 Å². The number of amides is 1. The van der Waals surface area contributed by atoms with Crippen molar-refractivity contribution in [3.8, 4) is 0 Å². The van der Waals surface area contributed by atoms with Gasteiger partial charge in [-0.05, 0) is 0 Å². The van der Waals surface area contributed by atoms with E-state index < -0.39 is 18.1 Å². The molecule has 0 radical (unpaired) electrons.